The molecule has 0 aromatic heterocycles. The predicted octanol–water partition coefficient (Wildman–Crippen LogP) is 4.97. The number of carbonyl (C=O) groups excluding carboxylic acids is 1. The van der Waals surface area contributed by atoms with Crippen molar-refractivity contribution in [2.24, 2.45) is 11.3 Å². The molecule has 0 amide bonds. The van der Waals surface area contributed by atoms with Crippen molar-refractivity contribution in [3.05, 3.63) is 0 Å². The molecule has 3 aliphatic rings. The smallest absolute Gasteiger partial charge is 0.312 e. The van der Waals surface area contributed by atoms with Gasteiger partial charge in [0.2, 0.25) is 0 Å². The summed E-state index contributed by atoms with van der Waals surface area (Å²) in [7, 11) is 0. The van der Waals surface area contributed by atoms with Crippen LogP contribution in [0, 0.1) is 11.3 Å². The van der Waals surface area contributed by atoms with E-state index >= 15 is 0 Å². The van der Waals surface area contributed by atoms with Crippen molar-refractivity contribution in [2.45, 2.75) is 90.1 Å². The first-order chi connectivity index (χ1) is 11.2. The molecular weight excluding hydrogens is 322 g/mol. The van der Waals surface area contributed by atoms with Crippen LogP contribution >= 0.6 is 12.4 Å². The van der Waals surface area contributed by atoms with E-state index in [4.69, 9.17) is 4.74 Å². The van der Waals surface area contributed by atoms with Gasteiger partial charge in [0, 0.05) is 6.54 Å². The Morgan fingerprint density at radius 1 is 1.00 bits per heavy atom. The predicted molar refractivity (Wildman–Crippen MR) is 101 cm³/mol. The van der Waals surface area contributed by atoms with Crippen molar-refractivity contribution in [1.29, 1.82) is 0 Å². The van der Waals surface area contributed by atoms with Gasteiger partial charge in [-0.3, -0.25) is 9.69 Å². The van der Waals surface area contributed by atoms with Crippen molar-refractivity contribution in [1.82, 2.24) is 4.90 Å². The highest BCUT2D eigenvalue weighted by Gasteiger charge is 2.48. The number of piperidine rings is 1. The Balaban J connectivity index is 0.00000208. The number of rotatable bonds is 4. The highest BCUT2D eigenvalue weighted by atomic mass is 35.5. The topological polar surface area (TPSA) is 29.5 Å². The Labute approximate surface area is 154 Å². The lowest BCUT2D eigenvalue weighted by Crippen LogP contribution is -2.47. The first-order valence-electron chi connectivity index (χ1n) is 10.2. The number of nitrogens with zero attached hydrogens (tertiary/aromatic N) is 1. The molecule has 1 aliphatic heterocycles. The van der Waals surface area contributed by atoms with Gasteiger partial charge in [-0.15, -0.1) is 12.4 Å². The highest BCUT2D eigenvalue weighted by molar-refractivity contribution is 5.85. The number of carbonyl (C=O) groups is 1. The zero-order valence-electron chi connectivity index (χ0n) is 15.4. The van der Waals surface area contributed by atoms with Crippen molar-refractivity contribution in [3.63, 3.8) is 0 Å². The number of likely N-dealkylation sites (tertiary alicyclic amines) is 1. The molecule has 0 spiro atoms. The second-order valence-corrected chi connectivity index (χ2v) is 8.11. The van der Waals surface area contributed by atoms with E-state index < -0.39 is 0 Å². The zero-order chi connectivity index (χ0) is 16.1. The molecule has 1 atom stereocenters. The second kappa shape index (κ2) is 9.43. The number of halogens is 1. The SMILES string of the molecule is CCN1CCCC(OC(=O)C2(C3CCCCC3)CCCCC2)C1.Cl. The third-order valence-corrected chi connectivity index (χ3v) is 6.72. The average Bonchev–Trinajstić information content (AvgIpc) is 2.63. The van der Waals surface area contributed by atoms with Gasteiger partial charge in [0.15, 0.2) is 0 Å². The quantitative estimate of drug-likeness (QED) is 0.665. The molecule has 3 nitrogen and oxygen atoms in total. The van der Waals surface area contributed by atoms with Crippen LogP contribution in [0.3, 0.4) is 0 Å². The van der Waals surface area contributed by atoms with Crippen LogP contribution < -0.4 is 0 Å². The van der Waals surface area contributed by atoms with E-state index in [-0.39, 0.29) is 29.9 Å². The molecule has 2 aliphatic carbocycles. The van der Waals surface area contributed by atoms with Crippen molar-refractivity contribution in [3.8, 4) is 0 Å². The maximum Gasteiger partial charge on any atom is 0.312 e. The molecule has 0 bridgehead atoms. The molecule has 1 saturated heterocycles. The standard InChI is InChI=1S/C20H35NO2.ClH/c1-2-21-15-9-12-18(16-21)23-19(22)20(13-7-4-8-14-20)17-10-5-3-6-11-17;/h17-18H,2-16H2,1H3;1H. The number of hydrogen-bond acceptors (Lipinski definition) is 3. The van der Waals surface area contributed by atoms with Gasteiger partial charge in [0.05, 0.1) is 5.41 Å². The second-order valence-electron chi connectivity index (χ2n) is 8.11. The maximum absolute atomic E-state index is 13.2. The van der Waals surface area contributed by atoms with Gasteiger partial charge in [0.1, 0.15) is 6.10 Å². The average molecular weight is 358 g/mol. The number of ether oxygens (including phenoxy) is 1. The summed E-state index contributed by atoms with van der Waals surface area (Å²) in [6.07, 6.45) is 14.8. The Bertz CT molecular complexity index is 389. The van der Waals surface area contributed by atoms with Gasteiger partial charge in [-0.05, 0) is 57.5 Å². The van der Waals surface area contributed by atoms with Gasteiger partial charge in [0.25, 0.3) is 0 Å². The van der Waals surface area contributed by atoms with E-state index in [9.17, 15) is 4.79 Å². The molecule has 3 fully saturated rings. The van der Waals surface area contributed by atoms with Crippen molar-refractivity contribution < 1.29 is 9.53 Å². The third kappa shape index (κ3) is 4.46. The number of esters is 1. The molecule has 4 heteroatoms. The first kappa shape index (κ1) is 20.0. The van der Waals surface area contributed by atoms with Crippen LogP contribution in [0.15, 0.2) is 0 Å². The summed E-state index contributed by atoms with van der Waals surface area (Å²) >= 11 is 0. The summed E-state index contributed by atoms with van der Waals surface area (Å²) in [6.45, 7) is 5.39. The molecule has 140 valence electrons. The van der Waals surface area contributed by atoms with E-state index in [0.29, 0.717) is 5.92 Å². The van der Waals surface area contributed by atoms with Gasteiger partial charge in [-0.2, -0.15) is 0 Å². The molecule has 1 heterocycles. The van der Waals surface area contributed by atoms with Gasteiger partial charge in [-0.25, -0.2) is 0 Å². The lowest BCUT2D eigenvalue weighted by molar-refractivity contribution is -0.172. The zero-order valence-corrected chi connectivity index (χ0v) is 16.2. The summed E-state index contributed by atoms with van der Waals surface area (Å²) in [5, 5.41) is 0. The third-order valence-electron chi connectivity index (χ3n) is 6.72. The monoisotopic (exact) mass is 357 g/mol. The van der Waals surface area contributed by atoms with Crippen molar-refractivity contribution in [2.75, 3.05) is 19.6 Å². The first-order valence-corrected chi connectivity index (χ1v) is 10.2. The fourth-order valence-electron chi connectivity index (χ4n) is 5.28. The molecule has 0 radical (unpaired) electrons. The van der Waals surface area contributed by atoms with E-state index in [0.717, 1.165) is 38.9 Å². The fourth-order valence-corrected chi connectivity index (χ4v) is 5.28. The van der Waals surface area contributed by atoms with Crippen LogP contribution in [0.1, 0.15) is 84.0 Å². The molecule has 24 heavy (non-hydrogen) atoms. The molecular formula is C20H36ClNO2. The van der Waals surface area contributed by atoms with E-state index in [1.54, 1.807) is 0 Å². The van der Waals surface area contributed by atoms with Gasteiger partial charge < -0.3 is 4.74 Å². The summed E-state index contributed by atoms with van der Waals surface area (Å²) in [5.74, 6) is 0.766. The summed E-state index contributed by atoms with van der Waals surface area (Å²) in [4.78, 5) is 15.7. The number of hydrogen-bond donors (Lipinski definition) is 0. The normalized spacial score (nSPS) is 28.8. The highest BCUT2D eigenvalue weighted by Crippen LogP contribution is 2.49. The van der Waals surface area contributed by atoms with Crippen LogP contribution in [-0.4, -0.2) is 36.6 Å². The van der Waals surface area contributed by atoms with Crippen LogP contribution in [0.25, 0.3) is 0 Å². The number of likely N-dealkylation sites (N-methyl/N-ethyl adjacent to an activating group) is 1. The minimum atomic E-state index is -0.132. The van der Waals surface area contributed by atoms with Crippen LogP contribution in [0.5, 0.6) is 0 Å². The maximum atomic E-state index is 13.2. The molecule has 2 saturated carbocycles. The molecule has 1 unspecified atom stereocenters. The molecule has 0 aromatic carbocycles. The van der Waals surface area contributed by atoms with Gasteiger partial charge >= 0.3 is 5.97 Å². The lowest BCUT2D eigenvalue weighted by Gasteiger charge is -2.44. The molecule has 0 aromatic rings. The van der Waals surface area contributed by atoms with Crippen LogP contribution in [0.4, 0.5) is 0 Å². The Morgan fingerprint density at radius 2 is 1.67 bits per heavy atom. The Morgan fingerprint density at radius 3 is 2.33 bits per heavy atom. The summed E-state index contributed by atoms with van der Waals surface area (Å²) in [6, 6.07) is 0. The van der Waals surface area contributed by atoms with Crippen molar-refractivity contribution >= 4 is 18.4 Å². The fraction of sp³-hybridized carbons (Fsp3) is 0.950. The Kier molecular flexibility index (Phi) is 7.87. The van der Waals surface area contributed by atoms with E-state index in [1.165, 1.54) is 57.8 Å². The van der Waals surface area contributed by atoms with E-state index in [2.05, 4.69) is 11.8 Å². The lowest BCUT2D eigenvalue weighted by atomic mass is 9.61. The Hall–Kier alpha value is -0.280. The van der Waals surface area contributed by atoms with Crippen LogP contribution in [-0.2, 0) is 9.53 Å². The van der Waals surface area contributed by atoms with Gasteiger partial charge in [-0.1, -0.05) is 45.4 Å². The summed E-state index contributed by atoms with van der Waals surface area (Å²) in [5.41, 5.74) is -0.132. The largest absolute Gasteiger partial charge is 0.461 e. The minimum Gasteiger partial charge on any atom is -0.461 e. The van der Waals surface area contributed by atoms with E-state index in [1.807, 2.05) is 0 Å². The molecule has 0 N–H and O–H groups in total. The van der Waals surface area contributed by atoms with Crippen LogP contribution in [0.2, 0.25) is 0 Å². The summed E-state index contributed by atoms with van der Waals surface area (Å²) < 4.78 is 6.14. The minimum absolute atomic E-state index is 0. The molecule has 3 rings (SSSR count).